The number of benzene rings is 4. The standard InChI is InChI=1S/C40H42N8O2S/c49-37(41-31(29-19-9-3-10-20-29)25-27-15-5-1-6-16-27)35-39-47(45-43-35)33-23-13-14-24-34(33)48-40(51-39)36(44-46-48)38(50)42-32(30-21-11-4-12-22-30)26-28-17-7-2-8-18-28/h1-12,15-22,31-34,43-46H,13-14,23-26H2,(H,41,49)(H,42,50)/t31-,32+,33?,34?. The Morgan fingerprint density at radius 3 is 1.35 bits per heavy atom. The Labute approximate surface area is 302 Å². The Hall–Kier alpha value is -5.23. The average molecular weight is 699 g/mol. The lowest BCUT2D eigenvalue weighted by Crippen LogP contribution is -2.57. The van der Waals surface area contributed by atoms with Crippen LogP contribution in [0.3, 0.4) is 0 Å². The first-order chi connectivity index (χ1) is 25.1. The number of hydrogen-bond donors (Lipinski definition) is 6. The van der Waals surface area contributed by atoms with Crippen LogP contribution in [-0.4, -0.2) is 33.9 Å². The third kappa shape index (κ3) is 7.05. The van der Waals surface area contributed by atoms with E-state index in [1.165, 1.54) is 11.8 Å². The number of rotatable bonds is 10. The fraction of sp³-hybridized carbons (Fsp3) is 0.250. The smallest absolute Gasteiger partial charge is 0.272 e. The van der Waals surface area contributed by atoms with E-state index >= 15 is 0 Å². The van der Waals surface area contributed by atoms with E-state index in [2.05, 4.69) is 91.1 Å². The molecule has 1 aliphatic carbocycles. The van der Waals surface area contributed by atoms with Crippen LogP contribution in [0.15, 0.2) is 143 Å². The summed E-state index contributed by atoms with van der Waals surface area (Å²) >= 11 is 1.43. The van der Waals surface area contributed by atoms with E-state index < -0.39 is 0 Å². The second kappa shape index (κ2) is 14.9. The summed E-state index contributed by atoms with van der Waals surface area (Å²) in [6, 6.07) is 40.2. The van der Waals surface area contributed by atoms with Crippen molar-refractivity contribution >= 4 is 23.6 Å². The van der Waals surface area contributed by atoms with Gasteiger partial charge in [-0.1, -0.05) is 134 Å². The van der Waals surface area contributed by atoms with Crippen LogP contribution in [0, 0.1) is 0 Å². The zero-order valence-electron chi connectivity index (χ0n) is 28.2. The van der Waals surface area contributed by atoms with Gasteiger partial charge in [0.05, 0.1) is 24.2 Å². The molecule has 4 aromatic rings. The van der Waals surface area contributed by atoms with Crippen LogP contribution in [0.2, 0.25) is 0 Å². The lowest BCUT2D eigenvalue weighted by Gasteiger charge is -2.40. The number of nitrogens with zero attached hydrogens (tertiary/aromatic N) is 2. The van der Waals surface area contributed by atoms with Gasteiger partial charge in [-0.05, 0) is 59.7 Å². The van der Waals surface area contributed by atoms with Crippen molar-refractivity contribution in [2.24, 2.45) is 0 Å². The van der Waals surface area contributed by atoms with Gasteiger partial charge in [0.1, 0.15) is 21.5 Å². The van der Waals surface area contributed by atoms with Crippen LogP contribution in [0.1, 0.15) is 60.0 Å². The number of carbonyl (C=O) groups is 2. The Morgan fingerprint density at radius 2 is 0.961 bits per heavy atom. The normalized spacial score (nSPS) is 20.6. The molecule has 11 heteroatoms. The second-order valence-electron chi connectivity index (χ2n) is 13.3. The first-order valence-corrected chi connectivity index (χ1v) is 18.5. The molecule has 2 fully saturated rings. The number of amides is 2. The van der Waals surface area contributed by atoms with Crippen LogP contribution >= 0.6 is 11.8 Å². The molecule has 0 spiro atoms. The topological polar surface area (TPSA) is 113 Å². The summed E-state index contributed by atoms with van der Waals surface area (Å²) in [4.78, 5) is 28.6. The number of nitrogens with one attached hydrogen (secondary N) is 6. The summed E-state index contributed by atoms with van der Waals surface area (Å²) in [5.41, 5.74) is 18.3. The van der Waals surface area contributed by atoms with Crippen molar-refractivity contribution in [1.29, 1.82) is 0 Å². The van der Waals surface area contributed by atoms with Crippen molar-refractivity contribution in [3.63, 3.8) is 0 Å². The molecule has 3 aliphatic heterocycles. The van der Waals surface area contributed by atoms with Gasteiger partial charge in [-0.3, -0.25) is 30.5 Å². The van der Waals surface area contributed by atoms with Gasteiger partial charge < -0.3 is 10.6 Å². The molecule has 3 heterocycles. The molecule has 4 atom stereocenters. The summed E-state index contributed by atoms with van der Waals surface area (Å²) in [5.74, 6) is -0.425. The minimum atomic E-state index is -0.241. The van der Waals surface area contributed by atoms with Crippen molar-refractivity contribution in [1.82, 2.24) is 42.6 Å². The predicted molar refractivity (Wildman–Crippen MR) is 199 cm³/mol. The SMILES string of the molecule is O=C(N[C@@H](Cc1ccccc1)c1ccccc1)C1=C2SC3=C(C(=O)N[C@H](Cc4ccccc4)c4ccccc4)NNN3C3CCCCC3N2NN1. The minimum Gasteiger partial charge on any atom is -0.344 e. The van der Waals surface area contributed by atoms with Crippen molar-refractivity contribution in [2.75, 3.05) is 0 Å². The molecule has 51 heavy (non-hydrogen) atoms. The van der Waals surface area contributed by atoms with E-state index in [4.69, 9.17) is 0 Å². The molecule has 2 amide bonds. The molecule has 10 nitrogen and oxygen atoms in total. The maximum Gasteiger partial charge on any atom is 0.272 e. The first kappa shape index (κ1) is 32.9. The molecule has 0 radical (unpaired) electrons. The van der Waals surface area contributed by atoms with Crippen LogP contribution in [0.25, 0.3) is 0 Å². The van der Waals surface area contributed by atoms with Crippen LogP contribution in [0.4, 0.5) is 0 Å². The van der Waals surface area contributed by atoms with Crippen molar-refractivity contribution in [3.05, 3.63) is 165 Å². The summed E-state index contributed by atoms with van der Waals surface area (Å²) in [7, 11) is 0. The van der Waals surface area contributed by atoms with Gasteiger partial charge in [0.25, 0.3) is 11.8 Å². The van der Waals surface area contributed by atoms with Gasteiger partial charge in [0, 0.05) is 0 Å². The number of thioether (sulfide) groups is 1. The predicted octanol–water partition coefficient (Wildman–Crippen LogP) is 5.23. The van der Waals surface area contributed by atoms with Gasteiger partial charge in [-0.15, -0.1) is 11.1 Å². The number of fused-ring (bicyclic) bond motifs is 5. The van der Waals surface area contributed by atoms with E-state index in [0.29, 0.717) is 24.2 Å². The molecule has 8 rings (SSSR count). The molecule has 4 aromatic carbocycles. The van der Waals surface area contributed by atoms with E-state index in [1.54, 1.807) is 0 Å². The molecule has 1 saturated carbocycles. The van der Waals surface area contributed by atoms with Crippen molar-refractivity contribution < 1.29 is 9.59 Å². The molecule has 0 aromatic heterocycles. The number of carbonyl (C=O) groups excluding carboxylic acids is 2. The molecule has 260 valence electrons. The highest BCUT2D eigenvalue weighted by molar-refractivity contribution is 8.06. The lowest BCUT2D eigenvalue weighted by atomic mass is 9.89. The molecule has 2 unspecified atom stereocenters. The summed E-state index contributed by atoms with van der Waals surface area (Å²) in [6.07, 6.45) is 5.35. The largest absolute Gasteiger partial charge is 0.344 e. The molecule has 4 aliphatic rings. The first-order valence-electron chi connectivity index (χ1n) is 17.7. The summed E-state index contributed by atoms with van der Waals surface area (Å²) in [6.45, 7) is 0. The third-order valence-corrected chi connectivity index (χ3v) is 11.2. The van der Waals surface area contributed by atoms with Gasteiger partial charge in [-0.2, -0.15) is 0 Å². The highest BCUT2D eigenvalue weighted by Gasteiger charge is 2.47. The Morgan fingerprint density at radius 1 is 0.588 bits per heavy atom. The average Bonchev–Trinajstić information content (AvgIpc) is 3.77. The Bertz CT molecular complexity index is 1770. The highest BCUT2D eigenvalue weighted by atomic mass is 32.2. The fourth-order valence-electron chi connectivity index (χ4n) is 7.48. The van der Waals surface area contributed by atoms with Gasteiger partial charge >= 0.3 is 0 Å². The zero-order valence-corrected chi connectivity index (χ0v) is 29.0. The van der Waals surface area contributed by atoms with Gasteiger partial charge in [-0.25, -0.2) is 0 Å². The quantitative estimate of drug-likeness (QED) is 0.133. The molecular formula is C40H42N8O2S. The summed E-state index contributed by atoms with van der Waals surface area (Å²) in [5, 5.41) is 12.3. The van der Waals surface area contributed by atoms with E-state index in [-0.39, 0.29) is 36.0 Å². The van der Waals surface area contributed by atoms with Gasteiger partial charge in [0.15, 0.2) is 0 Å². The van der Waals surface area contributed by atoms with Crippen molar-refractivity contribution in [2.45, 2.75) is 62.7 Å². The fourth-order valence-corrected chi connectivity index (χ4v) is 8.71. The highest BCUT2D eigenvalue weighted by Crippen LogP contribution is 2.45. The third-order valence-electron chi connectivity index (χ3n) is 10.1. The van der Waals surface area contributed by atoms with Crippen LogP contribution in [0.5, 0.6) is 0 Å². The zero-order chi connectivity index (χ0) is 34.6. The lowest BCUT2D eigenvalue weighted by molar-refractivity contribution is -0.119. The van der Waals surface area contributed by atoms with E-state index in [9.17, 15) is 9.59 Å². The molecule has 0 bridgehead atoms. The minimum absolute atomic E-state index is 0.0673. The van der Waals surface area contributed by atoms with E-state index in [1.807, 2.05) is 72.8 Å². The number of hydrazine groups is 4. The van der Waals surface area contributed by atoms with Crippen LogP contribution < -0.4 is 32.6 Å². The molecular weight excluding hydrogens is 657 g/mol. The summed E-state index contributed by atoms with van der Waals surface area (Å²) < 4.78 is 0. The van der Waals surface area contributed by atoms with Crippen molar-refractivity contribution in [3.8, 4) is 0 Å². The van der Waals surface area contributed by atoms with E-state index in [0.717, 1.165) is 58.0 Å². The van der Waals surface area contributed by atoms with Gasteiger partial charge in [0.2, 0.25) is 0 Å². The maximum absolute atomic E-state index is 14.3. The number of hydrogen-bond acceptors (Lipinski definition) is 9. The monoisotopic (exact) mass is 698 g/mol. The molecule has 6 N–H and O–H groups in total. The van der Waals surface area contributed by atoms with Crippen LogP contribution in [-0.2, 0) is 22.4 Å². The second-order valence-corrected chi connectivity index (χ2v) is 14.3. The maximum atomic E-state index is 14.3. The molecule has 1 saturated heterocycles. The Kier molecular flexibility index (Phi) is 9.65. The Balaban J connectivity index is 1.11.